The van der Waals surface area contributed by atoms with Crippen LogP contribution in [0.2, 0.25) is 0 Å². The third-order valence-electron chi connectivity index (χ3n) is 4.90. The number of aromatic nitrogens is 1. The quantitative estimate of drug-likeness (QED) is 0.673. The predicted molar refractivity (Wildman–Crippen MR) is 113 cm³/mol. The lowest BCUT2D eigenvalue weighted by Gasteiger charge is -2.27. The molecular weight excluding hydrogens is 424 g/mol. The first kappa shape index (κ1) is 22.3. The van der Waals surface area contributed by atoms with Crippen LogP contribution < -0.4 is 4.90 Å². The van der Waals surface area contributed by atoms with Crippen molar-refractivity contribution in [2.45, 2.75) is 19.9 Å². The summed E-state index contributed by atoms with van der Waals surface area (Å²) in [6.45, 7) is 2.58. The van der Waals surface area contributed by atoms with Gasteiger partial charge in [-0.3, -0.25) is 4.79 Å². The van der Waals surface area contributed by atoms with Gasteiger partial charge < -0.3 is 19.4 Å². The van der Waals surface area contributed by atoms with Gasteiger partial charge in [-0.25, -0.2) is 18.0 Å². The van der Waals surface area contributed by atoms with Gasteiger partial charge in [0.25, 0.3) is 5.91 Å². The van der Waals surface area contributed by atoms with Gasteiger partial charge in [-0.05, 0) is 37.6 Å². The van der Waals surface area contributed by atoms with Crippen LogP contribution in [0.3, 0.4) is 0 Å². The molecule has 1 unspecified atom stereocenters. The van der Waals surface area contributed by atoms with Crippen LogP contribution in [0, 0.1) is 13.8 Å². The van der Waals surface area contributed by atoms with Crippen molar-refractivity contribution in [3.05, 3.63) is 64.3 Å². The second-order valence-electron chi connectivity index (χ2n) is 7.02. The highest BCUT2D eigenvalue weighted by Crippen LogP contribution is 2.23. The molecule has 1 aromatic heterocycles. The smallest absolute Gasteiger partial charge is 0.355 e. The van der Waals surface area contributed by atoms with E-state index in [1.807, 2.05) is 0 Å². The normalized spacial score (nSPS) is 16.7. The Kier molecular flexibility index (Phi) is 6.30. The number of carbonyl (C=O) groups excluding carboxylic acids is 3. The number of benzene rings is 1. The lowest BCUT2D eigenvalue weighted by atomic mass is 10.1. The number of hydrogen-bond acceptors (Lipinski definition) is 7. The Morgan fingerprint density at radius 2 is 1.81 bits per heavy atom. The average Bonchev–Trinajstić information content (AvgIpc) is 3.24. The number of anilines is 1. The van der Waals surface area contributed by atoms with Crippen molar-refractivity contribution in [3.8, 4) is 0 Å². The van der Waals surface area contributed by atoms with E-state index in [1.165, 1.54) is 18.1 Å². The van der Waals surface area contributed by atoms with Gasteiger partial charge in [-0.15, -0.1) is 0 Å². The molecule has 3 rings (SSSR count). The molecule has 0 spiro atoms. The molecule has 164 valence electrons. The second-order valence-corrected chi connectivity index (χ2v) is 8.95. The molecular formula is C21H22N2O7S. The highest BCUT2D eigenvalue weighted by molar-refractivity contribution is 7.94. The van der Waals surface area contributed by atoms with E-state index in [1.54, 1.807) is 44.2 Å². The van der Waals surface area contributed by atoms with E-state index in [0.29, 0.717) is 16.9 Å². The molecule has 0 bridgehead atoms. The lowest BCUT2D eigenvalue weighted by Crippen LogP contribution is -2.43. The van der Waals surface area contributed by atoms with Gasteiger partial charge in [0.05, 0.1) is 24.5 Å². The molecule has 0 radical (unpaired) electrons. The summed E-state index contributed by atoms with van der Waals surface area (Å²) in [4.78, 5) is 41.4. The molecule has 1 atom stereocenters. The lowest BCUT2D eigenvalue weighted by molar-refractivity contribution is -0.121. The number of ether oxygens (including phenoxy) is 2. The summed E-state index contributed by atoms with van der Waals surface area (Å²) in [7, 11) is -2.17. The van der Waals surface area contributed by atoms with Gasteiger partial charge in [0.15, 0.2) is 16.4 Å². The zero-order valence-corrected chi connectivity index (χ0v) is 18.1. The Morgan fingerprint density at radius 1 is 1.13 bits per heavy atom. The van der Waals surface area contributed by atoms with Crippen LogP contribution in [-0.2, 0) is 24.1 Å². The van der Waals surface area contributed by atoms with Crippen molar-refractivity contribution in [3.63, 3.8) is 0 Å². The standard InChI is InChI=1S/C21H22N2O7S/c1-13-18(20(25)29-3)14(2)22-19(13)21(26)30-11-17(24)23(15-7-5-4-6-8-15)16-9-10-31(27,28)12-16/h4-10,16,22H,11-12H2,1-3H3. The largest absolute Gasteiger partial charge is 0.465 e. The molecule has 0 aliphatic carbocycles. The Hall–Kier alpha value is -3.40. The number of sulfone groups is 1. The first-order valence-electron chi connectivity index (χ1n) is 9.37. The SMILES string of the molecule is COC(=O)c1c(C)[nH]c(C(=O)OCC(=O)N(c2ccccc2)C2C=CS(=O)(=O)C2)c1C. The molecule has 10 heteroatoms. The molecule has 9 nitrogen and oxygen atoms in total. The summed E-state index contributed by atoms with van der Waals surface area (Å²) >= 11 is 0. The van der Waals surface area contributed by atoms with E-state index in [4.69, 9.17) is 9.47 Å². The van der Waals surface area contributed by atoms with E-state index in [2.05, 4.69) is 4.98 Å². The zero-order valence-electron chi connectivity index (χ0n) is 17.2. The molecule has 1 N–H and O–H groups in total. The van der Waals surface area contributed by atoms with Crippen molar-refractivity contribution in [2.24, 2.45) is 0 Å². The summed E-state index contributed by atoms with van der Waals surface area (Å²) in [6, 6.07) is 7.82. The van der Waals surface area contributed by atoms with Gasteiger partial charge >= 0.3 is 11.9 Å². The maximum Gasteiger partial charge on any atom is 0.355 e. The number of methoxy groups -OCH3 is 1. The van der Waals surface area contributed by atoms with Crippen LogP contribution in [0.15, 0.2) is 41.8 Å². The number of hydrogen-bond donors (Lipinski definition) is 1. The average molecular weight is 446 g/mol. The predicted octanol–water partition coefficient (Wildman–Crippen LogP) is 1.92. The highest BCUT2D eigenvalue weighted by atomic mass is 32.2. The van der Waals surface area contributed by atoms with E-state index in [-0.39, 0.29) is 17.0 Å². The molecule has 1 aliphatic rings. The Bertz CT molecular complexity index is 1150. The molecule has 1 amide bonds. The summed E-state index contributed by atoms with van der Waals surface area (Å²) in [5.74, 6) is -2.24. The molecule has 0 fully saturated rings. The van der Waals surface area contributed by atoms with Gasteiger partial charge in [0.1, 0.15) is 5.69 Å². The Morgan fingerprint density at radius 3 is 2.39 bits per heavy atom. The van der Waals surface area contributed by atoms with Crippen LogP contribution in [0.25, 0.3) is 0 Å². The van der Waals surface area contributed by atoms with E-state index in [9.17, 15) is 22.8 Å². The Balaban J connectivity index is 1.78. The van der Waals surface area contributed by atoms with Crippen LogP contribution >= 0.6 is 0 Å². The maximum atomic E-state index is 12.9. The molecule has 2 aromatic rings. The molecule has 31 heavy (non-hydrogen) atoms. The van der Waals surface area contributed by atoms with Gasteiger partial charge in [-0.1, -0.05) is 18.2 Å². The third kappa shape index (κ3) is 4.69. The number of aromatic amines is 1. The summed E-state index contributed by atoms with van der Waals surface area (Å²) in [6.07, 6.45) is 1.43. The van der Waals surface area contributed by atoms with Crippen LogP contribution in [0.1, 0.15) is 32.1 Å². The van der Waals surface area contributed by atoms with E-state index >= 15 is 0 Å². The van der Waals surface area contributed by atoms with Gasteiger partial charge in [0.2, 0.25) is 0 Å². The minimum absolute atomic E-state index is 0.0419. The fourth-order valence-electron chi connectivity index (χ4n) is 3.46. The number of nitrogens with one attached hydrogen (secondary N) is 1. The number of aryl methyl sites for hydroxylation is 1. The van der Waals surface area contributed by atoms with Gasteiger partial charge in [-0.2, -0.15) is 0 Å². The van der Waals surface area contributed by atoms with Crippen molar-refractivity contribution in [2.75, 3.05) is 24.4 Å². The summed E-state index contributed by atoms with van der Waals surface area (Å²) < 4.78 is 33.6. The number of carbonyl (C=O) groups is 3. The minimum atomic E-state index is -3.41. The summed E-state index contributed by atoms with van der Waals surface area (Å²) in [5.41, 5.74) is 1.55. The number of rotatable bonds is 6. The first-order chi connectivity index (χ1) is 14.6. The number of H-pyrrole nitrogens is 1. The van der Waals surface area contributed by atoms with Crippen LogP contribution in [0.4, 0.5) is 5.69 Å². The van der Waals surface area contributed by atoms with Crippen LogP contribution in [-0.4, -0.2) is 56.8 Å². The molecule has 2 heterocycles. The molecule has 0 saturated heterocycles. The summed E-state index contributed by atoms with van der Waals surface area (Å²) in [5, 5.41) is 1.08. The van der Waals surface area contributed by atoms with Crippen molar-refractivity contribution < 1.29 is 32.3 Å². The zero-order chi connectivity index (χ0) is 22.8. The van der Waals surface area contributed by atoms with E-state index in [0.717, 1.165) is 5.41 Å². The monoisotopic (exact) mass is 446 g/mol. The molecule has 1 aromatic carbocycles. The number of para-hydroxylation sites is 1. The van der Waals surface area contributed by atoms with E-state index < -0.39 is 40.3 Å². The van der Waals surface area contributed by atoms with Crippen molar-refractivity contribution >= 4 is 33.4 Å². The first-order valence-corrected chi connectivity index (χ1v) is 11.1. The highest BCUT2D eigenvalue weighted by Gasteiger charge is 2.32. The maximum absolute atomic E-state index is 12.9. The Labute approximate surface area is 179 Å². The fraction of sp³-hybridized carbons (Fsp3) is 0.286. The van der Waals surface area contributed by atoms with Gasteiger partial charge in [0, 0.05) is 16.8 Å². The fourth-order valence-corrected chi connectivity index (χ4v) is 4.73. The second kappa shape index (κ2) is 8.76. The van der Waals surface area contributed by atoms with Crippen LogP contribution in [0.5, 0.6) is 0 Å². The minimum Gasteiger partial charge on any atom is -0.465 e. The topological polar surface area (TPSA) is 123 Å². The molecule has 1 aliphatic heterocycles. The molecule has 0 saturated carbocycles. The van der Waals surface area contributed by atoms with Crippen molar-refractivity contribution in [1.29, 1.82) is 0 Å². The number of nitrogens with zero attached hydrogens (tertiary/aromatic N) is 1. The third-order valence-corrected chi connectivity index (χ3v) is 6.28. The number of esters is 2. The number of amides is 1. The van der Waals surface area contributed by atoms with Crippen molar-refractivity contribution in [1.82, 2.24) is 4.98 Å².